The van der Waals surface area contributed by atoms with Crippen molar-refractivity contribution in [1.82, 2.24) is 19.2 Å². The number of amides is 1. The number of carbonyl (C=O) groups excluding carboxylic acids is 1. The van der Waals surface area contributed by atoms with E-state index in [4.69, 9.17) is 5.73 Å². The minimum atomic E-state index is -3.60. The Morgan fingerprint density at radius 3 is 2.52 bits per heavy atom. The Labute approximate surface area is 161 Å². The Kier molecular flexibility index (Phi) is 6.22. The van der Waals surface area contributed by atoms with Gasteiger partial charge in [0.25, 0.3) is 10.0 Å². The van der Waals surface area contributed by atoms with E-state index in [1.807, 2.05) is 0 Å². The molecule has 1 aromatic heterocycles. The van der Waals surface area contributed by atoms with Gasteiger partial charge in [-0.15, -0.1) is 0 Å². The number of nitrogens with one attached hydrogen (secondary N) is 1. The molecule has 2 atom stereocenters. The van der Waals surface area contributed by atoms with Crippen molar-refractivity contribution in [2.24, 2.45) is 24.6 Å². The minimum absolute atomic E-state index is 0.0473. The molecule has 0 radical (unpaired) electrons. The second-order valence-corrected chi connectivity index (χ2v) is 9.70. The van der Waals surface area contributed by atoms with Crippen molar-refractivity contribution in [3.05, 3.63) is 12.0 Å². The fraction of sp³-hybridized carbons (Fsp3) is 0.778. The fourth-order valence-electron chi connectivity index (χ4n) is 4.12. The Hall–Kier alpha value is -1.45. The molecule has 8 nitrogen and oxygen atoms in total. The van der Waals surface area contributed by atoms with Crippen molar-refractivity contribution in [1.29, 1.82) is 0 Å². The van der Waals surface area contributed by atoms with Crippen LogP contribution in [0.25, 0.3) is 0 Å². The molecule has 0 spiro atoms. The largest absolute Gasteiger partial charge is 0.353 e. The summed E-state index contributed by atoms with van der Waals surface area (Å²) in [5, 5.41) is 3.26. The summed E-state index contributed by atoms with van der Waals surface area (Å²) in [7, 11) is -1.82. The van der Waals surface area contributed by atoms with Crippen LogP contribution in [-0.4, -0.2) is 53.9 Å². The molecule has 152 valence electrons. The molecule has 27 heavy (non-hydrogen) atoms. The molecule has 1 amide bonds. The number of nitrogens with zero attached hydrogens (tertiary/aromatic N) is 3. The van der Waals surface area contributed by atoms with Crippen LogP contribution < -0.4 is 11.1 Å². The number of nitrogens with two attached hydrogens (primary N) is 1. The maximum Gasteiger partial charge on any atom is 0.262 e. The standard InChI is InChI=1S/C18H31N5O3S/c1-13-20-17(12-22(13)2)27(25,26)23-9-7-14(8-10-23)18(24)21-16-6-4-3-5-15(16)11-19/h12,14-16H,3-11,19H2,1-2H3,(H,21,24). The smallest absolute Gasteiger partial charge is 0.262 e. The predicted octanol–water partition coefficient (Wildman–Crippen LogP) is 0.763. The van der Waals surface area contributed by atoms with Crippen molar-refractivity contribution in [3.8, 4) is 0 Å². The first kappa shape index (κ1) is 20.3. The van der Waals surface area contributed by atoms with Crippen molar-refractivity contribution in [2.45, 2.75) is 56.5 Å². The van der Waals surface area contributed by atoms with Crippen molar-refractivity contribution in [3.63, 3.8) is 0 Å². The van der Waals surface area contributed by atoms with E-state index in [1.54, 1.807) is 24.7 Å². The fourth-order valence-corrected chi connectivity index (χ4v) is 5.62. The Bertz CT molecular complexity index is 748. The number of aromatic nitrogens is 2. The highest BCUT2D eigenvalue weighted by molar-refractivity contribution is 7.89. The first-order valence-electron chi connectivity index (χ1n) is 9.83. The van der Waals surface area contributed by atoms with Crippen LogP contribution >= 0.6 is 0 Å². The first-order chi connectivity index (χ1) is 12.8. The topological polar surface area (TPSA) is 110 Å². The van der Waals surface area contributed by atoms with Gasteiger partial charge in [-0.05, 0) is 45.1 Å². The quantitative estimate of drug-likeness (QED) is 0.762. The van der Waals surface area contributed by atoms with Gasteiger partial charge in [0, 0.05) is 38.3 Å². The van der Waals surface area contributed by atoms with Gasteiger partial charge in [-0.1, -0.05) is 12.8 Å². The molecular weight excluding hydrogens is 366 g/mol. The Morgan fingerprint density at radius 1 is 1.26 bits per heavy atom. The van der Waals surface area contributed by atoms with E-state index in [0.717, 1.165) is 19.3 Å². The normalized spacial score (nSPS) is 25.4. The van der Waals surface area contributed by atoms with Gasteiger partial charge in [0.1, 0.15) is 5.82 Å². The lowest BCUT2D eigenvalue weighted by molar-refractivity contribution is -0.127. The van der Waals surface area contributed by atoms with Crippen LogP contribution in [0.4, 0.5) is 0 Å². The molecule has 2 heterocycles. The van der Waals surface area contributed by atoms with E-state index in [-0.39, 0.29) is 22.9 Å². The zero-order valence-corrected chi connectivity index (χ0v) is 17.0. The number of piperidine rings is 1. The monoisotopic (exact) mass is 397 g/mol. The van der Waals surface area contributed by atoms with E-state index >= 15 is 0 Å². The molecule has 1 aromatic rings. The average molecular weight is 398 g/mol. The lowest BCUT2D eigenvalue weighted by Gasteiger charge is -2.34. The summed E-state index contributed by atoms with van der Waals surface area (Å²) in [4.78, 5) is 16.8. The number of hydrogen-bond donors (Lipinski definition) is 2. The summed E-state index contributed by atoms with van der Waals surface area (Å²) in [6, 6.07) is 0.162. The summed E-state index contributed by atoms with van der Waals surface area (Å²) < 4.78 is 28.7. The number of imidazole rings is 1. The van der Waals surface area contributed by atoms with Gasteiger partial charge >= 0.3 is 0 Å². The number of rotatable bonds is 5. The molecule has 3 rings (SSSR count). The van der Waals surface area contributed by atoms with Gasteiger partial charge in [0.2, 0.25) is 5.91 Å². The number of hydrogen-bond acceptors (Lipinski definition) is 5. The summed E-state index contributed by atoms with van der Waals surface area (Å²) in [5.74, 6) is 0.925. The van der Waals surface area contributed by atoms with Gasteiger partial charge in [-0.2, -0.15) is 4.31 Å². The van der Waals surface area contributed by atoms with Crippen LogP contribution in [0, 0.1) is 18.8 Å². The third-order valence-electron chi connectivity index (χ3n) is 6.05. The van der Waals surface area contributed by atoms with Crippen molar-refractivity contribution in [2.75, 3.05) is 19.6 Å². The summed E-state index contributed by atoms with van der Waals surface area (Å²) in [6.07, 6.45) is 6.98. The van der Waals surface area contributed by atoms with E-state index in [2.05, 4.69) is 10.3 Å². The SMILES string of the molecule is Cc1nc(S(=O)(=O)N2CCC(C(=O)NC3CCCCC3CN)CC2)cn1C. The molecule has 1 saturated heterocycles. The maximum atomic E-state index is 12.8. The highest BCUT2D eigenvalue weighted by Crippen LogP contribution is 2.26. The Balaban J connectivity index is 1.57. The molecule has 3 N–H and O–H groups in total. The zero-order valence-electron chi connectivity index (χ0n) is 16.2. The third-order valence-corrected chi connectivity index (χ3v) is 7.83. The van der Waals surface area contributed by atoms with Crippen molar-refractivity contribution >= 4 is 15.9 Å². The van der Waals surface area contributed by atoms with Crippen LogP contribution in [0.2, 0.25) is 0 Å². The average Bonchev–Trinajstić information content (AvgIpc) is 3.02. The minimum Gasteiger partial charge on any atom is -0.353 e. The molecule has 0 aromatic carbocycles. The summed E-state index contributed by atoms with van der Waals surface area (Å²) >= 11 is 0. The van der Waals surface area contributed by atoms with Crippen molar-refractivity contribution < 1.29 is 13.2 Å². The molecule has 2 fully saturated rings. The molecular formula is C18H31N5O3S. The first-order valence-corrected chi connectivity index (χ1v) is 11.3. The maximum absolute atomic E-state index is 12.8. The molecule has 9 heteroatoms. The lowest BCUT2D eigenvalue weighted by Crippen LogP contribution is -2.49. The van der Waals surface area contributed by atoms with Crippen LogP contribution in [0.5, 0.6) is 0 Å². The Morgan fingerprint density at radius 2 is 1.93 bits per heavy atom. The van der Waals surface area contributed by atoms with E-state index in [1.165, 1.54) is 10.7 Å². The summed E-state index contributed by atoms with van der Waals surface area (Å²) in [5.41, 5.74) is 5.85. The van der Waals surface area contributed by atoms with Gasteiger partial charge in [-0.25, -0.2) is 13.4 Å². The predicted molar refractivity (Wildman–Crippen MR) is 102 cm³/mol. The molecule has 0 bridgehead atoms. The second-order valence-electron chi connectivity index (χ2n) is 7.81. The third kappa shape index (κ3) is 4.35. The lowest BCUT2D eigenvalue weighted by atomic mass is 9.84. The molecule has 1 saturated carbocycles. The van der Waals surface area contributed by atoms with Gasteiger partial charge in [0.15, 0.2) is 5.03 Å². The zero-order chi connectivity index (χ0) is 19.6. The van der Waals surface area contributed by atoms with Crippen LogP contribution in [0.15, 0.2) is 11.2 Å². The molecule has 2 unspecified atom stereocenters. The second kappa shape index (κ2) is 8.28. The van der Waals surface area contributed by atoms with Gasteiger partial charge in [-0.3, -0.25) is 4.79 Å². The number of aryl methyl sites for hydroxylation is 2. The molecule has 2 aliphatic rings. The van der Waals surface area contributed by atoms with E-state index < -0.39 is 10.0 Å². The van der Waals surface area contributed by atoms with Gasteiger partial charge < -0.3 is 15.6 Å². The van der Waals surface area contributed by atoms with Crippen LogP contribution in [0.3, 0.4) is 0 Å². The van der Waals surface area contributed by atoms with Crippen LogP contribution in [-0.2, 0) is 21.9 Å². The highest BCUT2D eigenvalue weighted by Gasteiger charge is 2.35. The van der Waals surface area contributed by atoms with Gasteiger partial charge in [0.05, 0.1) is 0 Å². The molecule has 1 aliphatic carbocycles. The highest BCUT2D eigenvalue weighted by atomic mass is 32.2. The van der Waals surface area contributed by atoms with E-state index in [0.29, 0.717) is 44.2 Å². The summed E-state index contributed by atoms with van der Waals surface area (Å²) in [6.45, 7) is 3.07. The van der Waals surface area contributed by atoms with Crippen LogP contribution in [0.1, 0.15) is 44.3 Å². The number of sulfonamides is 1. The number of carbonyl (C=O) groups is 1. The molecule has 1 aliphatic heterocycles. The van der Waals surface area contributed by atoms with E-state index in [9.17, 15) is 13.2 Å².